The first-order chi connectivity index (χ1) is 16.8. The van der Waals surface area contributed by atoms with Crippen LogP contribution in [0, 0.1) is 6.92 Å². The van der Waals surface area contributed by atoms with Gasteiger partial charge in [-0.3, -0.25) is 0 Å². The maximum atomic E-state index is 2.45. The number of pyridine rings is 2. The molecule has 4 heterocycles. The lowest BCUT2D eigenvalue weighted by atomic mass is 10.00. The van der Waals surface area contributed by atoms with Crippen molar-refractivity contribution >= 4 is 54.4 Å². The molecule has 2 heteroatoms. The molecule has 0 saturated carbocycles. The minimum Gasteiger partial charge on any atom is -0.308 e. The summed E-state index contributed by atoms with van der Waals surface area (Å²) in [5.41, 5.74) is 8.94. The molecule has 0 bridgehead atoms. The molecule has 4 aromatic heterocycles. The number of benzene rings is 4. The van der Waals surface area contributed by atoms with Gasteiger partial charge in [0.1, 0.15) is 0 Å². The summed E-state index contributed by atoms with van der Waals surface area (Å²) in [4.78, 5) is 0. The smallest absolute Gasteiger partial charge is 0.218 e. The van der Waals surface area contributed by atoms with E-state index < -0.39 is 0 Å². The van der Waals surface area contributed by atoms with Gasteiger partial charge in [-0.2, -0.15) is 4.40 Å². The SMILES string of the molecule is Cc1cc2c3cc4c5cccc6c7ccccc7n(c4cc3cc[n+]2cc1-c1ccccc1)c65. The van der Waals surface area contributed by atoms with Crippen LogP contribution >= 0.6 is 0 Å². The summed E-state index contributed by atoms with van der Waals surface area (Å²) in [7, 11) is 0. The second-order valence-electron chi connectivity index (χ2n) is 9.36. The van der Waals surface area contributed by atoms with Crippen LogP contribution in [-0.2, 0) is 0 Å². The van der Waals surface area contributed by atoms with Crippen molar-refractivity contribution in [1.29, 1.82) is 0 Å². The van der Waals surface area contributed by atoms with E-state index in [9.17, 15) is 0 Å². The highest BCUT2D eigenvalue weighted by Crippen LogP contribution is 2.40. The van der Waals surface area contributed by atoms with Crippen molar-refractivity contribution in [2.24, 2.45) is 0 Å². The number of aromatic nitrogens is 2. The van der Waals surface area contributed by atoms with Gasteiger partial charge in [-0.05, 0) is 41.6 Å². The van der Waals surface area contributed by atoms with Gasteiger partial charge in [0.25, 0.3) is 0 Å². The van der Waals surface area contributed by atoms with Crippen LogP contribution in [-0.4, -0.2) is 4.40 Å². The largest absolute Gasteiger partial charge is 0.308 e. The molecule has 158 valence electrons. The van der Waals surface area contributed by atoms with E-state index in [1.54, 1.807) is 0 Å². The number of hydrogen-bond donors (Lipinski definition) is 0. The van der Waals surface area contributed by atoms with Gasteiger partial charge in [0.05, 0.1) is 21.9 Å². The Kier molecular flexibility index (Phi) is 3.36. The maximum Gasteiger partial charge on any atom is 0.218 e. The lowest BCUT2D eigenvalue weighted by molar-refractivity contribution is -0.510. The Hall–Kier alpha value is -4.43. The van der Waals surface area contributed by atoms with Gasteiger partial charge < -0.3 is 4.40 Å². The summed E-state index contributed by atoms with van der Waals surface area (Å²) in [5.74, 6) is 0. The quantitative estimate of drug-likeness (QED) is 0.185. The van der Waals surface area contributed by atoms with Gasteiger partial charge in [0, 0.05) is 39.2 Å². The molecule has 0 spiro atoms. The first-order valence-corrected chi connectivity index (χ1v) is 11.8. The molecule has 0 atom stereocenters. The minimum atomic E-state index is 1.24. The first kappa shape index (κ1) is 18.0. The van der Waals surface area contributed by atoms with Gasteiger partial charge in [0.2, 0.25) is 5.52 Å². The lowest BCUT2D eigenvalue weighted by Crippen LogP contribution is -2.21. The van der Waals surface area contributed by atoms with Gasteiger partial charge in [-0.15, -0.1) is 0 Å². The van der Waals surface area contributed by atoms with Crippen molar-refractivity contribution in [3.63, 3.8) is 0 Å². The third kappa shape index (κ3) is 2.22. The summed E-state index contributed by atoms with van der Waals surface area (Å²) in [6.45, 7) is 2.22. The second kappa shape index (κ2) is 6.33. The van der Waals surface area contributed by atoms with Crippen molar-refractivity contribution in [2.75, 3.05) is 0 Å². The summed E-state index contributed by atoms with van der Waals surface area (Å²) in [5, 5.41) is 7.85. The summed E-state index contributed by atoms with van der Waals surface area (Å²) in [6.07, 6.45) is 4.46. The number of rotatable bonds is 1. The van der Waals surface area contributed by atoms with Crippen molar-refractivity contribution in [1.82, 2.24) is 4.40 Å². The predicted molar refractivity (Wildman–Crippen MR) is 142 cm³/mol. The van der Waals surface area contributed by atoms with Gasteiger partial charge in [-0.1, -0.05) is 66.7 Å². The van der Waals surface area contributed by atoms with E-state index in [2.05, 4.69) is 125 Å². The second-order valence-corrected chi connectivity index (χ2v) is 9.36. The average molecular weight is 434 g/mol. The molecule has 0 aliphatic rings. The number of nitrogens with zero attached hydrogens (tertiary/aromatic N) is 2. The molecule has 4 aromatic carbocycles. The van der Waals surface area contributed by atoms with E-state index in [0.29, 0.717) is 0 Å². The molecule has 0 aliphatic carbocycles. The molecule has 8 rings (SSSR count). The number of para-hydroxylation sites is 2. The first-order valence-electron chi connectivity index (χ1n) is 11.8. The van der Waals surface area contributed by atoms with E-state index >= 15 is 0 Å². The van der Waals surface area contributed by atoms with Crippen molar-refractivity contribution in [3.8, 4) is 11.1 Å². The van der Waals surface area contributed by atoms with Crippen molar-refractivity contribution < 1.29 is 4.40 Å². The lowest BCUT2D eigenvalue weighted by Gasteiger charge is -2.06. The van der Waals surface area contributed by atoms with Gasteiger partial charge >= 0.3 is 0 Å². The average Bonchev–Trinajstić information content (AvgIpc) is 3.39. The fourth-order valence-electron chi connectivity index (χ4n) is 5.94. The highest BCUT2D eigenvalue weighted by molar-refractivity contribution is 6.25. The van der Waals surface area contributed by atoms with Crippen LogP contribution in [0.25, 0.3) is 65.5 Å². The fraction of sp³-hybridized carbons (Fsp3) is 0.0312. The molecule has 34 heavy (non-hydrogen) atoms. The van der Waals surface area contributed by atoms with E-state index in [4.69, 9.17) is 0 Å². The molecular weight excluding hydrogens is 412 g/mol. The van der Waals surface area contributed by atoms with E-state index in [1.807, 2.05) is 0 Å². The molecule has 0 aliphatic heterocycles. The molecule has 0 fully saturated rings. The molecule has 2 nitrogen and oxygen atoms in total. The minimum absolute atomic E-state index is 1.24. The predicted octanol–water partition coefficient (Wildman–Crippen LogP) is 7.70. The molecule has 0 radical (unpaired) electrons. The monoisotopic (exact) mass is 433 g/mol. The Labute approximate surface area is 196 Å². The molecule has 0 unspecified atom stereocenters. The van der Waals surface area contributed by atoms with E-state index in [0.717, 1.165) is 0 Å². The van der Waals surface area contributed by atoms with Crippen LogP contribution in [0.15, 0.2) is 109 Å². The van der Waals surface area contributed by atoms with Crippen LogP contribution in [0.1, 0.15) is 5.56 Å². The van der Waals surface area contributed by atoms with Crippen LogP contribution in [0.2, 0.25) is 0 Å². The zero-order valence-corrected chi connectivity index (χ0v) is 18.8. The summed E-state index contributed by atoms with van der Waals surface area (Å²) >= 11 is 0. The van der Waals surface area contributed by atoms with Crippen LogP contribution in [0.4, 0.5) is 0 Å². The van der Waals surface area contributed by atoms with E-state index in [-0.39, 0.29) is 0 Å². The van der Waals surface area contributed by atoms with Crippen LogP contribution in [0.3, 0.4) is 0 Å². The third-order valence-corrected chi connectivity index (χ3v) is 7.49. The Bertz CT molecular complexity index is 2060. The highest BCUT2D eigenvalue weighted by Gasteiger charge is 2.19. The van der Waals surface area contributed by atoms with Crippen molar-refractivity contribution in [2.45, 2.75) is 6.92 Å². The van der Waals surface area contributed by atoms with Crippen molar-refractivity contribution in [3.05, 3.63) is 115 Å². The highest BCUT2D eigenvalue weighted by atomic mass is 14.9. The fourth-order valence-corrected chi connectivity index (χ4v) is 5.94. The Morgan fingerprint density at radius 2 is 1.38 bits per heavy atom. The Balaban J connectivity index is 1.51. The molecule has 0 saturated heterocycles. The molecular formula is C32H21N2+. The van der Waals surface area contributed by atoms with Crippen LogP contribution < -0.4 is 4.40 Å². The van der Waals surface area contributed by atoms with E-state index in [1.165, 1.54) is 71.1 Å². The zero-order chi connectivity index (χ0) is 22.4. The number of hydrogen-bond acceptors (Lipinski definition) is 0. The van der Waals surface area contributed by atoms with Gasteiger partial charge in [0.15, 0.2) is 12.4 Å². The zero-order valence-electron chi connectivity index (χ0n) is 18.8. The number of aryl methyl sites for hydroxylation is 1. The normalized spacial score (nSPS) is 12.3. The summed E-state index contributed by atoms with van der Waals surface area (Å²) < 4.78 is 4.73. The molecule has 0 N–H and O–H groups in total. The van der Waals surface area contributed by atoms with Crippen LogP contribution in [0.5, 0.6) is 0 Å². The number of fused-ring (bicyclic) bond motifs is 9. The molecule has 8 aromatic rings. The summed E-state index contributed by atoms with van der Waals surface area (Å²) in [6, 6.07) is 35.5. The standard InChI is InChI=1S/C32H21N2/c1-20-16-30-26-18-27-25-12-7-11-24-23-10-5-6-13-29(23)34(32(24)25)31(27)17-22(26)14-15-33(30)19-28(20)21-8-3-2-4-9-21/h2-19H,1H3/q+1. The maximum absolute atomic E-state index is 2.45. The molecule has 0 amide bonds. The van der Waals surface area contributed by atoms with Gasteiger partial charge in [-0.25, -0.2) is 0 Å². The Morgan fingerprint density at radius 1 is 0.618 bits per heavy atom. The Morgan fingerprint density at radius 3 is 2.26 bits per heavy atom. The topological polar surface area (TPSA) is 8.51 Å². The third-order valence-electron chi connectivity index (χ3n) is 7.49.